The van der Waals surface area contributed by atoms with Gasteiger partial charge in [-0.15, -0.1) is 0 Å². The first kappa shape index (κ1) is 14.1. The Morgan fingerprint density at radius 2 is 2.00 bits per heavy atom. The third-order valence-electron chi connectivity index (χ3n) is 3.82. The first-order chi connectivity index (χ1) is 10.1. The molecule has 0 spiro atoms. The van der Waals surface area contributed by atoms with Gasteiger partial charge >= 0.3 is 5.69 Å². The van der Waals surface area contributed by atoms with E-state index in [0.29, 0.717) is 5.02 Å². The molecule has 1 fully saturated rings. The number of hydrogen-bond donors (Lipinski definition) is 2. The van der Waals surface area contributed by atoms with Gasteiger partial charge in [0.2, 0.25) is 0 Å². The summed E-state index contributed by atoms with van der Waals surface area (Å²) in [6, 6.07) is 7.72. The Morgan fingerprint density at radius 1 is 1.29 bits per heavy atom. The van der Waals surface area contributed by atoms with Crippen molar-refractivity contribution in [2.24, 2.45) is 5.73 Å². The molecule has 1 aromatic carbocycles. The fraction of sp³-hybridized carbons (Fsp3) is 0.333. The Labute approximate surface area is 127 Å². The van der Waals surface area contributed by atoms with E-state index >= 15 is 0 Å². The molecule has 21 heavy (non-hydrogen) atoms. The van der Waals surface area contributed by atoms with Crippen LogP contribution in [-0.2, 0) is 0 Å². The summed E-state index contributed by atoms with van der Waals surface area (Å²) in [6.07, 6.45) is 3.48. The zero-order valence-electron chi connectivity index (χ0n) is 11.6. The van der Waals surface area contributed by atoms with E-state index in [9.17, 15) is 4.79 Å². The molecular weight excluding hydrogens is 288 g/mol. The van der Waals surface area contributed by atoms with E-state index < -0.39 is 0 Å². The molecule has 1 aliphatic heterocycles. The number of piperidine rings is 1. The molecule has 0 atom stereocenters. The molecule has 3 N–H and O–H groups in total. The van der Waals surface area contributed by atoms with Crippen molar-refractivity contribution in [3.8, 4) is 11.3 Å². The number of nitrogens with zero attached hydrogens (tertiary/aromatic N) is 2. The molecule has 3 rings (SSSR count). The molecule has 1 saturated heterocycles. The third kappa shape index (κ3) is 2.94. The van der Waals surface area contributed by atoms with Crippen LogP contribution in [0.5, 0.6) is 0 Å². The lowest BCUT2D eigenvalue weighted by molar-refractivity contribution is 0.501. The lowest BCUT2D eigenvalue weighted by Gasteiger charge is -2.32. The first-order valence-electron chi connectivity index (χ1n) is 7.00. The quantitative estimate of drug-likeness (QED) is 0.890. The van der Waals surface area contributed by atoms with Gasteiger partial charge in [0.25, 0.3) is 0 Å². The molecule has 0 aliphatic carbocycles. The summed E-state index contributed by atoms with van der Waals surface area (Å²) in [6.45, 7) is 1.71. The molecule has 0 amide bonds. The van der Waals surface area contributed by atoms with Crippen LogP contribution in [0.15, 0.2) is 35.3 Å². The molecule has 0 saturated carbocycles. The van der Waals surface area contributed by atoms with E-state index in [0.717, 1.165) is 42.9 Å². The third-order valence-corrected chi connectivity index (χ3v) is 4.15. The summed E-state index contributed by atoms with van der Waals surface area (Å²) in [5.74, 6) is 0. The lowest BCUT2D eigenvalue weighted by atomic mass is 10.0. The number of halogens is 1. The number of rotatable bonds is 2. The maximum Gasteiger partial charge on any atom is 0.345 e. The van der Waals surface area contributed by atoms with Gasteiger partial charge < -0.3 is 15.6 Å². The van der Waals surface area contributed by atoms with Crippen LogP contribution in [0.3, 0.4) is 0 Å². The number of nitrogens with one attached hydrogen (secondary N) is 1. The normalized spacial score (nSPS) is 16.2. The van der Waals surface area contributed by atoms with Gasteiger partial charge in [-0.2, -0.15) is 4.98 Å². The van der Waals surface area contributed by atoms with Crippen LogP contribution in [-0.4, -0.2) is 29.1 Å². The minimum atomic E-state index is -0.373. The second-order valence-corrected chi connectivity index (χ2v) is 5.66. The van der Waals surface area contributed by atoms with Crippen LogP contribution in [0, 0.1) is 0 Å². The number of aromatic nitrogens is 2. The summed E-state index contributed by atoms with van der Waals surface area (Å²) in [5.41, 5.74) is 8.00. The van der Waals surface area contributed by atoms with E-state index in [4.69, 9.17) is 17.3 Å². The number of aromatic amines is 1. The smallest absolute Gasteiger partial charge is 0.345 e. The van der Waals surface area contributed by atoms with Crippen molar-refractivity contribution in [2.45, 2.75) is 18.9 Å². The minimum Gasteiger partial charge on any atom is -0.368 e. The van der Waals surface area contributed by atoms with Crippen LogP contribution >= 0.6 is 11.6 Å². The van der Waals surface area contributed by atoms with E-state index in [1.807, 2.05) is 24.3 Å². The van der Waals surface area contributed by atoms with Gasteiger partial charge in [0.05, 0.1) is 17.6 Å². The van der Waals surface area contributed by atoms with Crippen LogP contribution in [0.25, 0.3) is 11.3 Å². The number of benzene rings is 1. The van der Waals surface area contributed by atoms with Gasteiger partial charge in [-0.1, -0.05) is 29.8 Å². The highest BCUT2D eigenvalue weighted by molar-refractivity contribution is 6.33. The molecule has 6 heteroatoms. The van der Waals surface area contributed by atoms with Crippen molar-refractivity contribution in [3.05, 3.63) is 46.0 Å². The summed E-state index contributed by atoms with van der Waals surface area (Å²) >= 11 is 6.26. The Morgan fingerprint density at radius 3 is 2.71 bits per heavy atom. The zero-order valence-corrected chi connectivity index (χ0v) is 12.3. The van der Waals surface area contributed by atoms with Crippen LogP contribution in [0.4, 0.5) is 5.69 Å². The van der Waals surface area contributed by atoms with Crippen molar-refractivity contribution in [2.75, 3.05) is 18.0 Å². The Kier molecular flexibility index (Phi) is 3.94. The lowest BCUT2D eigenvalue weighted by Crippen LogP contribution is -2.40. The molecule has 5 nitrogen and oxygen atoms in total. The van der Waals surface area contributed by atoms with Gasteiger partial charge in [0.15, 0.2) is 0 Å². The monoisotopic (exact) mass is 304 g/mol. The van der Waals surface area contributed by atoms with Crippen LogP contribution < -0.4 is 16.3 Å². The molecule has 1 aliphatic rings. The molecular formula is C15H17ClN4O. The predicted molar refractivity (Wildman–Crippen MR) is 84.7 cm³/mol. The average molecular weight is 305 g/mol. The maximum atomic E-state index is 11.6. The first-order valence-corrected chi connectivity index (χ1v) is 7.37. The molecule has 0 bridgehead atoms. The van der Waals surface area contributed by atoms with E-state index in [1.54, 1.807) is 6.20 Å². The second-order valence-electron chi connectivity index (χ2n) is 5.25. The molecule has 0 unspecified atom stereocenters. The topological polar surface area (TPSA) is 75.0 Å². The van der Waals surface area contributed by atoms with E-state index in [1.165, 1.54) is 0 Å². The van der Waals surface area contributed by atoms with E-state index in [2.05, 4.69) is 14.9 Å². The van der Waals surface area contributed by atoms with Crippen LogP contribution in [0.2, 0.25) is 5.02 Å². The molecule has 1 aromatic heterocycles. The van der Waals surface area contributed by atoms with Crippen molar-refractivity contribution >= 4 is 17.3 Å². The summed E-state index contributed by atoms with van der Waals surface area (Å²) < 4.78 is 0. The maximum absolute atomic E-state index is 11.6. The number of anilines is 1. The summed E-state index contributed by atoms with van der Waals surface area (Å²) in [4.78, 5) is 20.5. The summed E-state index contributed by atoms with van der Waals surface area (Å²) in [5, 5.41) is 0.606. The Balaban J connectivity index is 2.06. The van der Waals surface area contributed by atoms with Gasteiger partial charge in [-0.05, 0) is 18.9 Å². The van der Waals surface area contributed by atoms with Crippen molar-refractivity contribution < 1.29 is 0 Å². The molecule has 110 valence electrons. The highest BCUT2D eigenvalue weighted by Crippen LogP contribution is 2.33. The van der Waals surface area contributed by atoms with E-state index in [-0.39, 0.29) is 11.7 Å². The molecule has 0 radical (unpaired) electrons. The van der Waals surface area contributed by atoms with Gasteiger partial charge in [0, 0.05) is 29.7 Å². The molecule has 2 aromatic rings. The number of H-pyrrole nitrogens is 1. The number of nitrogens with two attached hydrogens (primary N) is 1. The van der Waals surface area contributed by atoms with Crippen molar-refractivity contribution in [1.29, 1.82) is 0 Å². The predicted octanol–water partition coefficient (Wildman–Crippen LogP) is 2.02. The largest absolute Gasteiger partial charge is 0.368 e. The highest BCUT2D eigenvalue weighted by Gasteiger charge is 2.20. The summed E-state index contributed by atoms with van der Waals surface area (Å²) in [7, 11) is 0. The Hall–Kier alpha value is -1.85. The zero-order chi connectivity index (χ0) is 14.8. The van der Waals surface area contributed by atoms with Gasteiger partial charge in [-0.3, -0.25) is 0 Å². The van der Waals surface area contributed by atoms with Gasteiger partial charge in [-0.25, -0.2) is 4.79 Å². The standard InChI is InChI=1S/C15H17ClN4O/c16-12-4-2-1-3-11(12)14-13(9-18-15(21)19-14)20-7-5-10(17)6-8-20/h1-4,9-10H,5-8,17H2,(H,18,19,21). The van der Waals surface area contributed by atoms with Crippen LogP contribution in [0.1, 0.15) is 12.8 Å². The van der Waals surface area contributed by atoms with Crippen molar-refractivity contribution in [1.82, 2.24) is 9.97 Å². The fourth-order valence-corrected chi connectivity index (χ4v) is 2.87. The fourth-order valence-electron chi connectivity index (χ4n) is 2.64. The SMILES string of the molecule is NC1CCN(c2cnc(=O)[nH]c2-c2ccccc2Cl)CC1. The molecule has 2 heterocycles. The average Bonchev–Trinajstić information content (AvgIpc) is 2.49. The van der Waals surface area contributed by atoms with Crippen molar-refractivity contribution in [3.63, 3.8) is 0 Å². The number of hydrogen-bond acceptors (Lipinski definition) is 4. The minimum absolute atomic E-state index is 0.251. The second kappa shape index (κ2) is 5.87. The Bertz CT molecular complexity index is 692. The van der Waals surface area contributed by atoms with Gasteiger partial charge in [0.1, 0.15) is 0 Å². The highest BCUT2D eigenvalue weighted by atomic mass is 35.5.